The van der Waals surface area contributed by atoms with E-state index < -0.39 is 6.10 Å². The van der Waals surface area contributed by atoms with Gasteiger partial charge in [0.15, 0.2) is 0 Å². The third kappa shape index (κ3) is 3.91. The lowest BCUT2D eigenvalue weighted by molar-refractivity contribution is 0.174. The van der Waals surface area contributed by atoms with Crippen molar-refractivity contribution >= 4 is 0 Å². The van der Waals surface area contributed by atoms with Crippen LogP contribution in [0.2, 0.25) is 0 Å². The molecule has 0 saturated heterocycles. The molecule has 0 fully saturated rings. The van der Waals surface area contributed by atoms with Crippen LogP contribution in [-0.2, 0) is 6.54 Å². The maximum absolute atomic E-state index is 10.2. The van der Waals surface area contributed by atoms with E-state index in [4.69, 9.17) is 0 Å². The molecule has 1 unspecified atom stereocenters. The maximum Gasteiger partial charge on any atom is 0.0914 e. The molecule has 2 heteroatoms. The highest BCUT2D eigenvalue weighted by Gasteiger charge is 2.07. The summed E-state index contributed by atoms with van der Waals surface area (Å²) in [5, 5.41) is 13.4. The summed E-state index contributed by atoms with van der Waals surface area (Å²) in [6.07, 6.45) is -0.456. The normalized spacial score (nSPS) is 12.4. The Morgan fingerprint density at radius 1 is 1.00 bits per heavy atom. The van der Waals surface area contributed by atoms with Crippen molar-refractivity contribution in [2.45, 2.75) is 26.5 Å². The number of hydrogen-bond acceptors (Lipinski definition) is 2. The van der Waals surface area contributed by atoms with Gasteiger partial charge in [0.2, 0.25) is 0 Å². The standard InChI is InChI=1S/C17H21NO/c1-13-8-9-16(10-14(13)2)17(19)12-18-11-15-6-4-3-5-7-15/h3-10,17-19H,11-12H2,1-2H3. The molecule has 0 saturated carbocycles. The minimum absolute atomic E-state index is 0.456. The van der Waals surface area contributed by atoms with Gasteiger partial charge in [-0.05, 0) is 36.1 Å². The van der Waals surface area contributed by atoms with Crippen LogP contribution >= 0.6 is 0 Å². The summed E-state index contributed by atoms with van der Waals surface area (Å²) in [5.74, 6) is 0. The first-order valence-corrected chi connectivity index (χ1v) is 6.66. The molecule has 0 aliphatic rings. The largest absolute Gasteiger partial charge is 0.387 e. The molecular formula is C17H21NO. The molecule has 2 nitrogen and oxygen atoms in total. The van der Waals surface area contributed by atoms with Crippen LogP contribution in [0.15, 0.2) is 48.5 Å². The highest BCUT2D eigenvalue weighted by molar-refractivity contribution is 5.31. The van der Waals surface area contributed by atoms with Crippen LogP contribution in [0.25, 0.3) is 0 Å². The zero-order chi connectivity index (χ0) is 13.7. The van der Waals surface area contributed by atoms with E-state index in [2.05, 4.69) is 43.4 Å². The molecule has 2 rings (SSSR count). The minimum atomic E-state index is -0.456. The number of aliphatic hydroxyl groups is 1. The Bertz CT molecular complexity index is 522. The van der Waals surface area contributed by atoms with Crippen LogP contribution in [0, 0.1) is 13.8 Å². The van der Waals surface area contributed by atoms with E-state index >= 15 is 0 Å². The molecule has 2 N–H and O–H groups in total. The molecule has 2 aromatic carbocycles. The summed E-state index contributed by atoms with van der Waals surface area (Å²) < 4.78 is 0. The number of benzene rings is 2. The fourth-order valence-corrected chi connectivity index (χ4v) is 2.04. The van der Waals surface area contributed by atoms with Gasteiger partial charge >= 0.3 is 0 Å². The van der Waals surface area contributed by atoms with E-state index in [9.17, 15) is 5.11 Å². The van der Waals surface area contributed by atoms with Crippen LogP contribution in [0.5, 0.6) is 0 Å². The Morgan fingerprint density at radius 2 is 1.74 bits per heavy atom. The fourth-order valence-electron chi connectivity index (χ4n) is 2.04. The molecule has 100 valence electrons. The first-order valence-electron chi connectivity index (χ1n) is 6.66. The predicted octanol–water partition coefficient (Wildman–Crippen LogP) is 3.13. The molecule has 0 heterocycles. The molecule has 1 atom stereocenters. The molecule has 0 spiro atoms. The van der Waals surface area contributed by atoms with Crippen molar-refractivity contribution in [3.8, 4) is 0 Å². The van der Waals surface area contributed by atoms with Crippen molar-refractivity contribution < 1.29 is 5.11 Å². The molecule has 0 amide bonds. The molecule has 2 aromatic rings. The Hall–Kier alpha value is -1.64. The van der Waals surface area contributed by atoms with Gasteiger partial charge in [-0.1, -0.05) is 48.5 Å². The van der Waals surface area contributed by atoms with E-state index in [0.717, 1.165) is 12.1 Å². The summed E-state index contributed by atoms with van der Waals surface area (Å²) in [5.41, 5.74) is 4.69. The second-order valence-corrected chi connectivity index (χ2v) is 4.98. The highest BCUT2D eigenvalue weighted by atomic mass is 16.3. The summed E-state index contributed by atoms with van der Waals surface area (Å²) in [6, 6.07) is 16.3. The van der Waals surface area contributed by atoms with Crippen molar-refractivity contribution in [3.05, 3.63) is 70.8 Å². The van der Waals surface area contributed by atoms with Gasteiger partial charge in [-0.2, -0.15) is 0 Å². The monoisotopic (exact) mass is 255 g/mol. The van der Waals surface area contributed by atoms with Crippen molar-refractivity contribution in [2.24, 2.45) is 0 Å². The Labute approximate surface area is 115 Å². The van der Waals surface area contributed by atoms with Crippen LogP contribution < -0.4 is 5.32 Å². The van der Waals surface area contributed by atoms with E-state index in [0.29, 0.717) is 6.54 Å². The second kappa shape index (κ2) is 6.50. The third-order valence-corrected chi connectivity index (χ3v) is 3.43. The zero-order valence-electron chi connectivity index (χ0n) is 11.6. The molecule has 0 radical (unpaired) electrons. The zero-order valence-corrected chi connectivity index (χ0v) is 11.6. The van der Waals surface area contributed by atoms with E-state index in [1.807, 2.05) is 24.3 Å². The smallest absolute Gasteiger partial charge is 0.0914 e. The SMILES string of the molecule is Cc1ccc(C(O)CNCc2ccccc2)cc1C. The van der Waals surface area contributed by atoms with Crippen LogP contribution in [0.4, 0.5) is 0 Å². The van der Waals surface area contributed by atoms with Crippen LogP contribution in [0.1, 0.15) is 28.4 Å². The second-order valence-electron chi connectivity index (χ2n) is 4.98. The fraction of sp³-hybridized carbons (Fsp3) is 0.294. The number of hydrogen-bond donors (Lipinski definition) is 2. The van der Waals surface area contributed by atoms with E-state index in [-0.39, 0.29) is 0 Å². The maximum atomic E-state index is 10.2. The lowest BCUT2D eigenvalue weighted by Crippen LogP contribution is -2.21. The summed E-state index contributed by atoms with van der Waals surface area (Å²) >= 11 is 0. The van der Waals surface area contributed by atoms with Crippen molar-refractivity contribution in [2.75, 3.05) is 6.54 Å². The van der Waals surface area contributed by atoms with Gasteiger partial charge in [0.1, 0.15) is 0 Å². The first kappa shape index (κ1) is 13.8. The molecule has 0 aliphatic heterocycles. The summed E-state index contributed by atoms with van der Waals surface area (Å²) in [7, 11) is 0. The lowest BCUT2D eigenvalue weighted by Gasteiger charge is -2.13. The van der Waals surface area contributed by atoms with Crippen molar-refractivity contribution in [1.82, 2.24) is 5.32 Å². The minimum Gasteiger partial charge on any atom is -0.387 e. The van der Waals surface area contributed by atoms with E-state index in [1.54, 1.807) is 0 Å². The van der Waals surface area contributed by atoms with E-state index in [1.165, 1.54) is 16.7 Å². The van der Waals surface area contributed by atoms with Crippen LogP contribution in [0.3, 0.4) is 0 Å². The lowest BCUT2D eigenvalue weighted by atomic mass is 10.0. The Balaban J connectivity index is 1.87. The van der Waals surface area contributed by atoms with Gasteiger partial charge in [-0.25, -0.2) is 0 Å². The average Bonchev–Trinajstić information content (AvgIpc) is 2.43. The quantitative estimate of drug-likeness (QED) is 0.860. The summed E-state index contributed by atoms with van der Waals surface area (Å²) in [4.78, 5) is 0. The Morgan fingerprint density at radius 3 is 2.42 bits per heavy atom. The van der Waals surface area contributed by atoms with Gasteiger partial charge in [0.05, 0.1) is 6.10 Å². The van der Waals surface area contributed by atoms with Crippen molar-refractivity contribution in [1.29, 1.82) is 0 Å². The average molecular weight is 255 g/mol. The number of rotatable bonds is 5. The van der Waals surface area contributed by atoms with Crippen molar-refractivity contribution in [3.63, 3.8) is 0 Å². The molecule has 0 aromatic heterocycles. The van der Waals surface area contributed by atoms with Gasteiger partial charge in [-0.15, -0.1) is 0 Å². The molecular weight excluding hydrogens is 234 g/mol. The number of nitrogens with one attached hydrogen (secondary N) is 1. The third-order valence-electron chi connectivity index (χ3n) is 3.43. The summed E-state index contributed by atoms with van der Waals surface area (Å²) in [6.45, 7) is 5.50. The Kier molecular flexibility index (Phi) is 4.72. The highest BCUT2D eigenvalue weighted by Crippen LogP contribution is 2.16. The predicted molar refractivity (Wildman–Crippen MR) is 79.0 cm³/mol. The van der Waals surface area contributed by atoms with Gasteiger partial charge in [-0.3, -0.25) is 0 Å². The topological polar surface area (TPSA) is 32.3 Å². The molecule has 0 aliphatic carbocycles. The first-order chi connectivity index (χ1) is 9.16. The number of aliphatic hydroxyl groups excluding tert-OH is 1. The molecule has 19 heavy (non-hydrogen) atoms. The van der Waals surface area contributed by atoms with Crippen LogP contribution in [-0.4, -0.2) is 11.7 Å². The van der Waals surface area contributed by atoms with Gasteiger partial charge in [0.25, 0.3) is 0 Å². The van der Waals surface area contributed by atoms with Gasteiger partial charge in [0, 0.05) is 13.1 Å². The number of aryl methyl sites for hydroxylation is 2. The van der Waals surface area contributed by atoms with Gasteiger partial charge < -0.3 is 10.4 Å². The molecule has 0 bridgehead atoms.